The van der Waals surface area contributed by atoms with Gasteiger partial charge in [-0.15, -0.1) is 0 Å². The van der Waals surface area contributed by atoms with Gasteiger partial charge in [-0.05, 0) is 40.9 Å². The van der Waals surface area contributed by atoms with Gasteiger partial charge in [0.05, 0.1) is 10.2 Å². The van der Waals surface area contributed by atoms with Crippen LogP contribution in [-0.4, -0.2) is 9.97 Å². The molecular formula is C14H13BrCl2N2. The highest BCUT2D eigenvalue weighted by molar-refractivity contribution is 9.10. The molecule has 100 valence electrons. The molecule has 1 heterocycles. The summed E-state index contributed by atoms with van der Waals surface area (Å²) in [7, 11) is 0. The molecule has 1 aromatic heterocycles. The summed E-state index contributed by atoms with van der Waals surface area (Å²) in [5, 5.41) is 1.14. The fourth-order valence-electron chi connectivity index (χ4n) is 1.73. The van der Waals surface area contributed by atoms with E-state index in [-0.39, 0.29) is 0 Å². The summed E-state index contributed by atoms with van der Waals surface area (Å²) >= 11 is 15.7. The van der Waals surface area contributed by atoms with Crippen LogP contribution >= 0.6 is 39.1 Å². The van der Waals surface area contributed by atoms with Crippen LogP contribution in [0, 0.1) is 6.92 Å². The van der Waals surface area contributed by atoms with Crippen molar-refractivity contribution in [3.63, 3.8) is 0 Å². The molecule has 19 heavy (non-hydrogen) atoms. The number of benzene rings is 1. The molecular weight excluding hydrogens is 347 g/mol. The van der Waals surface area contributed by atoms with Crippen molar-refractivity contribution >= 4 is 39.1 Å². The lowest BCUT2D eigenvalue weighted by molar-refractivity contribution is 0.868. The van der Waals surface area contributed by atoms with Crippen LogP contribution in [0.4, 0.5) is 0 Å². The molecule has 0 spiro atoms. The first-order chi connectivity index (χ1) is 9.02. The van der Waals surface area contributed by atoms with Gasteiger partial charge in [0.15, 0.2) is 5.82 Å². The Morgan fingerprint density at radius 2 is 1.95 bits per heavy atom. The normalized spacial score (nSPS) is 10.8. The van der Waals surface area contributed by atoms with E-state index in [1.165, 1.54) is 0 Å². The summed E-state index contributed by atoms with van der Waals surface area (Å²) < 4.78 is 0.776. The molecule has 0 N–H and O–H groups in total. The largest absolute Gasteiger partial charge is 0.232 e. The van der Waals surface area contributed by atoms with Gasteiger partial charge >= 0.3 is 0 Å². The lowest BCUT2D eigenvalue weighted by Gasteiger charge is -2.08. The number of halogens is 3. The van der Waals surface area contributed by atoms with Gasteiger partial charge in [-0.1, -0.05) is 48.7 Å². The van der Waals surface area contributed by atoms with E-state index in [0.717, 1.165) is 34.1 Å². The van der Waals surface area contributed by atoms with Crippen molar-refractivity contribution in [2.75, 3.05) is 0 Å². The number of aryl methyl sites for hydroxylation is 2. The average Bonchev–Trinajstić information content (AvgIpc) is 2.38. The quantitative estimate of drug-likeness (QED) is 0.678. The fraction of sp³-hybridized carbons (Fsp3) is 0.286. The Morgan fingerprint density at radius 3 is 2.58 bits per heavy atom. The molecule has 5 heteroatoms. The number of aromatic nitrogens is 2. The third-order valence-corrected chi connectivity index (χ3v) is 4.54. The molecule has 2 nitrogen and oxygen atoms in total. The Bertz CT molecular complexity index is 615. The highest BCUT2D eigenvalue weighted by Gasteiger charge is 2.12. The smallest absolute Gasteiger partial charge is 0.161 e. The molecule has 0 aliphatic carbocycles. The zero-order chi connectivity index (χ0) is 14.0. The van der Waals surface area contributed by atoms with Crippen molar-refractivity contribution in [2.24, 2.45) is 0 Å². The molecule has 0 amide bonds. The Labute approximate surface area is 131 Å². The van der Waals surface area contributed by atoms with E-state index in [1.807, 2.05) is 25.1 Å². The minimum Gasteiger partial charge on any atom is -0.232 e. The van der Waals surface area contributed by atoms with Crippen LogP contribution < -0.4 is 0 Å². The number of nitrogens with zero attached hydrogens (tertiary/aromatic N) is 2. The van der Waals surface area contributed by atoms with E-state index in [9.17, 15) is 0 Å². The summed E-state index contributed by atoms with van der Waals surface area (Å²) in [5.74, 6) is 0.610. The summed E-state index contributed by atoms with van der Waals surface area (Å²) in [6.45, 7) is 4.06. The number of rotatable bonds is 3. The van der Waals surface area contributed by atoms with Gasteiger partial charge in [0.1, 0.15) is 5.15 Å². The average molecular weight is 360 g/mol. The first-order valence-corrected chi connectivity index (χ1v) is 7.56. The van der Waals surface area contributed by atoms with Crippen molar-refractivity contribution in [3.05, 3.63) is 44.1 Å². The van der Waals surface area contributed by atoms with E-state index < -0.39 is 0 Å². The minimum atomic E-state index is 0.435. The first kappa shape index (κ1) is 14.8. The van der Waals surface area contributed by atoms with Gasteiger partial charge in [0.2, 0.25) is 0 Å². The van der Waals surface area contributed by atoms with E-state index in [4.69, 9.17) is 23.2 Å². The van der Waals surface area contributed by atoms with E-state index in [1.54, 1.807) is 0 Å². The zero-order valence-electron chi connectivity index (χ0n) is 10.7. The maximum Gasteiger partial charge on any atom is 0.161 e. The Hall–Kier alpha value is -0.640. The van der Waals surface area contributed by atoms with Crippen molar-refractivity contribution in [1.29, 1.82) is 0 Å². The topological polar surface area (TPSA) is 25.8 Å². The Balaban J connectivity index is 2.52. The molecule has 0 saturated heterocycles. The molecule has 2 aromatic rings. The van der Waals surface area contributed by atoms with Crippen molar-refractivity contribution in [3.8, 4) is 11.4 Å². The molecule has 0 unspecified atom stereocenters. The summed E-state index contributed by atoms with van der Waals surface area (Å²) in [5.41, 5.74) is 2.83. The second kappa shape index (κ2) is 6.21. The lowest BCUT2D eigenvalue weighted by Crippen LogP contribution is -1.98. The van der Waals surface area contributed by atoms with Crippen molar-refractivity contribution in [1.82, 2.24) is 9.97 Å². The Kier molecular flexibility index (Phi) is 4.82. The van der Waals surface area contributed by atoms with Gasteiger partial charge < -0.3 is 0 Å². The minimum absolute atomic E-state index is 0.435. The SMILES string of the molecule is CCCc1nc(-c2ccc(C)c(Cl)c2)nc(Cl)c1Br. The number of hydrogen-bond donors (Lipinski definition) is 0. The second-order valence-corrected chi connectivity index (χ2v) is 5.87. The summed E-state index contributed by atoms with van der Waals surface area (Å²) in [6.07, 6.45) is 1.86. The molecule has 2 rings (SSSR count). The highest BCUT2D eigenvalue weighted by atomic mass is 79.9. The third-order valence-electron chi connectivity index (χ3n) is 2.80. The maximum absolute atomic E-state index is 6.14. The van der Waals surface area contributed by atoms with Crippen LogP contribution in [0.3, 0.4) is 0 Å². The highest BCUT2D eigenvalue weighted by Crippen LogP contribution is 2.29. The van der Waals surface area contributed by atoms with Gasteiger partial charge in [0, 0.05) is 10.6 Å². The van der Waals surface area contributed by atoms with Crippen molar-refractivity contribution < 1.29 is 0 Å². The molecule has 0 aliphatic heterocycles. The predicted octanol–water partition coefficient (Wildman–Crippen LogP) is 5.47. The molecule has 0 bridgehead atoms. The summed E-state index contributed by atoms with van der Waals surface area (Å²) in [6, 6.07) is 5.78. The van der Waals surface area contributed by atoms with Crippen LogP contribution in [0.15, 0.2) is 22.7 Å². The standard InChI is InChI=1S/C14H13BrCl2N2/c1-3-4-11-12(15)13(17)19-14(18-11)9-6-5-8(2)10(16)7-9/h5-7H,3-4H2,1-2H3. The van der Waals surface area contributed by atoms with Gasteiger partial charge in [-0.25, -0.2) is 9.97 Å². The van der Waals surface area contributed by atoms with E-state index in [2.05, 4.69) is 32.8 Å². The van der Waals surface area contributed by atoms with Crippen LogP contribution in [0.25, 0.3) is 11.4 Å². The molecule has 0 atom stereocenters. The lowest BCUT2D eigenvalue weighted by atomic mass is 10.1. The van der Waals surface area contributed by atoms with Gasteiger partial charge in [0.25, 0.3) is 0 Å². The van der Waals surface area contributed by atoms with Gasteiger partial charge in [-0.3, -0.25) is 0 Å². The molecule has 1 aromatic carbocycles. The second-order valence-electron chi connectivity index (χ2n) is 4.31. The number of hydrogen-bond acceptors (Lipinski definition) is 2. The monoisotopic (exact) mass is 358 g/mol. The molecule has 0 saturated carbocycles. The predicted molar refractivity (Wildman–Crippen MR) is 83.9 cm³/mol. The maximum atomic E-state index is 6.14. The summed E-state index contributed by atoms with van der Waals surface area (Å²) in [4.78, 5) is 8.87. The zero-order valence-corrected chi connectivity index (χ0v) is 13.8. The van der Waals surface area contributed by atoms with Crippen LogP contribution in [0.2, 0.25) is 10.2 Å². The third kappa shape index (κ3) is 3.28. The van der Waals surface area contributed by atoms with Crippen LogP contribution in [0.5, 0.6) is 0 Å². The van der Waals surface area contributed by atoms with E-state index in [0.29, 0.717) is 16.0 Å². The van der Waals surface area contributed by atoms with Gasteiger partial charge in [-0.2, -0.15) is 0 Å². The fourth-order valence-corrected chi connectivity index (χ4v) is 2.47. The first-order valence-electron chi connectivity index (χ1n) is 6.01. The van der Waals surface area contributed by atoms with Crippen LogP contribution in [-0.2, 0) is 6.42 Å². The molecule has 0 radical (unpaired) electrons. The van der Waals surface area contributed by atoms with Crippen LogP contribution in [0.1, 0.15) is 24.6 Å². The molecule has 0 fully saturated rings. The van der Waals surface area contributed by atoms with E-state index >= 15 is 0 Å². The van der Waals surface area contributed by atoms with Crippen molar-refractivity contribution in [2.45, 2.75) is 26.7 Å². The Morgan fingerprint density at radius 1 is 1.21 bits per heavy atom. The molecule has 0 aliphatic rings.